The van der Waals surface area contributed by atoms with E-state index in [0.29, 0.717) is 5.02 Å². The minimum Gasteiger partial charge on any atom is -0.326 e. The van der Waals surface area contributed by atoms with Gasteiger partial charge in [-0.3, -0.25) is 0 Å². The topological polar surface area (TPSA) is 17.8 Å². The van der Waals surface area contributed by atoms with Crippen LogP contribution < -0.4 is 0 Å². The fourth-order valence-corrected chi connectivity index (χ4v) is 2.94. The zero-order valence-corrected chi connectivity index (χ0v) is 11.9. The molecule has 0 spiro atoms. The molecule has 1 aromatic heterocycles. The van der Waals surface area contributed by atoms with Crippen molar-refractivity contribution in [3.63, 3.8) is 0 Å². The molecule has 1 aliphatic rings. The third kappa shape index (κ3) is 2.02. The van der Waals surface area contributed by atoms with Crippen LogP contribution in [0.5, 0.6) is 0 Å². The van der Waals surface area contributed by atoms with Crippen molar-refractivity contribution in [1.82, 2.24) is 9.55 Å². The Bertz CT molecular complexity index is 570. The maximum absolute atomic E-state index is 6.25. The van der Waals surface area contributed by atoms with Crippen molar-refractivity contribution in [2.45, 2.75) is 38.1 Å². The van der Waals surface area contributed by atoms with E-state index in [1.165, 1.54) is 19.3 Å². The van der Waals surface area contributed by atoms with E-state index in [1.807, 2.05) is 19.1 Å². The highest BCUT2D eigenvalue weighted by Gasteiger charge is 2.22. The van der Waals surface area contributed by atoms with Gasteiger partial charge in [-0.15, -0.1) is 11.6 Å². The van der Waals surface area contributed by atoms with Gasteiger partial charge in [0, 0.05) is 6.54 Å². The number of rotatable bonds is 3. The van der Waals surface area contributed by atoms with Gasteiger partial charge in [0.05, 0.1) is 15.9 Å². The van der Waals surface area contributed by atoms with Crippen LogP contribution in [-0.2, 0) is 6.54 Å². The van der Waals surface area contributed by atoms with E-state index in [1.54, 1.807) is 0 Å². The molecule has 1 atom stereocenters. The lowest BCUT2D eigenvalue weighted by atomic mass is 9.85. The second-order valence-corrected chi connectivity index (χ2v) is 6.16. The van der Waals surface area contributed by atoms with Crippen LogP contribution in [0.2, 0.25) is 5.02 Å². The van der Waals surface area contributed by atoms with Gasteiger partial charge in [0.2, 0.25) is 0 Å². The van der Waals surface area contributed by atoms with Crippen molar-refractivity contribution >= 4 is 34.2 Å². The van der Waals surface area contributed by atoms with E-state index in [2.05, 4.69) is 15.6 Å². The summed E-state index contributed by atoms with van der Waals surface area (Å²) in [6.45, 7) is 2.98. The molecule has 0 N–H and O–H groups in total. The Morgan fingerprint density at radius 2 is 2.22 bits per heavy atom. The molecule has 0 amide bonds. The molecule has 0 bridgehead atoms. The van der Waals surface area contributed by atoms with Gasteiger partial charge in [0.25, 0.3) is 0 Å². The summed E-state index contributed by atoms with van der Waals surface area (Å²) in [7, 11) is 0. The molecule has 1 unspecified atom stereocenters. The van der Waals surface area contributed by atoms with Gasteiger partial charge < -0.3 is 4.57 Å². The van der Waals surface area contributed by atoms with Crippen molar-refractivity contribution < 1.29 is 0 Å². The summed E-state index contributed by atoms with van der Waals surface area (Å²) in [4.78, 5) is 4.62. The van der Waals surface area contributed by atoms with Gasteiger partial charge in [-0.25, -0.2) is 4.98 Å². The highest BCUT2D eigenvalue weighted by Crippen LogP contribution is 2.33. The van der Waals surface area contributed by atoms with Crippen LogP contribution in [0.4, 0.5) is 0 Å². The molecule has 96 valence electrons. The summed E-state index contributed by atoms with van der Waals surface area (Å²) in [5.41, 5.74) is 1.98. The SMILES string of the molecule is CC(Cl)c1nc2c(Cl)cccc2n1CC1CCC1. The monoisotopic (exact) mass is 282 g/mol. The molecule has 1 aromatic carbocycles. The fraction of sp³-hybridized carbons (Fsp3) is 0.500. The molecule has 1 fully saturated rings. The van der Waals surface area contributed by atoms with Crippen molar-refractivity contribution in [3.05, 3.63) is 29.0 Å². The number of para-hydroxylation sites is 1. The van der Waals surface area contributed by atoms with Gasteiger partial charge in [-0.05, 0) is 37.8 Å². The van der Waals surface area contributed by atoms with Gasteiger partial charge in [-0.1, -0.05) is 24.1 Å². The minimum atomic E-state index is -0.0893. The molecular weight excluding hydrogens is 267 g/mol. The number of hydrogen-bond donors (Lipinski definition) is 0. The Labute approximate surface area is 117 Å². The molecule has 0 saturated heterocycles. The molecule has 1 heterocycles. The number of hydrogen-bond acceptors (Lipinski definition) is 1. The molecule has 2 nitrogen and oxygen atoms in total. The quantitative estimate of drug-likeness (QED) is 0.740. The number of alkyl halides is 1. The van der Waals surface area contributed by atoms with E-state index in [0.717, 1.165) is 29.3 Å². The average molecular weight is 283 g/mol. The van der Waals surface area contributed by atoms with Crippen molar-refractivity contribution in [2.75, 3.05) is 0 Å². The number of nitrogens with zero attached hydrogens (tertiary/aromatic N) is 2. The van der Waals surface area contributed by atoms with Crippen LogP contribution in [0, 0.1) is 5.92 Å². The molecule has 2 aromatic rings. The van der Waals surface area contributed by atoms with Crippen molar-refractivity contribution in [3.8, 4) is 0 Å². The summed E-state index contributed by atoms with van der Waals surface area (Å²) in [5, 5.41) is 0.618. The number of benzene rings is 1. The summed E-state index contributed by atoms with van der Waals surface area (Å²) in [6.07, 6.45) is 3.98. The molecule has 1 aliphatic carbocycles. The van der Waals surface area contributed by atoms with Gasteiger partial charge in [0.1, 0.15) is 11.3 Å². The maximum atomic E-state index is 6.25. The Balaban J connectivity index is 2.12. The van der Waals surface area contributed by atoms with Crippen LogP contribution in [0.1, 0.15) is 37.4 Å². The largest absolute Gasteiger partial charge is 0.326 e. The normalized spacial score (nSPS) is 17.9. The number of imidazole rings is 1. The first-order valence-corrected chi connectivity index (χ1v) is 7.27. The first-order valence-electron chi connectivity index (χ1n) is 6.45. The molecular formula is C14H16Cl2N2. The molecule has 4 heteroatoms. The summed E-state index contributed by atoms with van der Waals surface area (Å²) in [5.74, 6) is 1.71. The summed E-state index contributed by atoms with van der Waals surface area (Å²) in [6, 6.07) is 5.94. The Kier molecular flexibility index (Phi) is 3.25. The standard InChI is InChI=1S/C14H16Cl2N2/c1-9(15)14-17-13-11(16)6-3-7-12(13)18(14)8-10-4-2-5-10/h3,6-7,9-10H,2,4-5,8H2,1H3. The van der Waals surface area contributed by atoms with E-state index < -0.39 is 0 Å². The number of halogens is 2. The number of aromatic nitrogens is 2. The number of fused-ring (bicyclic) bond motifs is 1. The van der Waals surface area contributed by atoms with Crippen LogP contribution in [0.3, 0.4) is 0 Å². The predicted octanol–water partition coefficient (Wildman–Crippen LogP) is 4.79. The average Bonchev–Trinajstić information content (AvgIpc) is 2.64. The molecule has 0 aliphatic heterocycles. The lowest BCUT2D eigenvalue weighted by Gasteiger charge is -2.27. The van der Waals surface area contributed by atoms with E-state index in [9.17, 15) is 0 Å². The Morgan fingerprint density at radius 1 is 1.44 bits per heavy atom. The first-order chi connectivity index (χ1) is 8.66. The molecule has 0 radical (unpaired) electrons. The Hall–Kier alpha value is -0.730. The molecule has 18 heavy (non-hydrogen) atoms. The van der Waals surface area contributed by atoms with E-state index >= 15 is 0 Å². The molecule has 1 saturated carbocycles. The van der Waals surface area contributed by atoms with Crippen molar-refractivity contribution in [2.24, 2.45) is 5.92 Å². The second-order valence-electron chi connectivity index (χ2n) is 5.10. The second kappa shape index (κ2) is 4.75. The molecule has 3 rings (SSSR count). The predicted molar refractivity (Wildman–Crippen MR) is 76.4 cm³/mol. The summed E-state index contributed by atoms with van der Waals surface area (Å²) >= 11 is 12.5. The third-order valence-electron chi connectivity index (χ3n) is 3.78. The van der Waals surface area contributed by atoms with Gasteiger partial charge in [0.15, 0.2) is 0 Å². The highest BCUT2D eigenvalue weighted by atomic mass is 35.5. The van der Waals surface area contributed by atoms with E-state index in [-0.39, 0.29) is 5.38 Å². The Morgan fingerprint density at radius 3 is 2.83 bits per heavy atom. The van der Waals surface area contributed by atoms with Crippen LogP contribution >= 0.6 is 23.2 Å². The van der Waals surface area contributed by atoms with Crippen LogP contribution in [0.15, 0.2) is 18.2 Å². The highest BCUT2D eigenvalue weighted by molar-refractivity contribution is 6.35. The zero-order chi connectivity index (χ0) is 12.7. The van der Waals surface area contributed by atoms with Crippen LogP contribution in [-0.4, -0.2) is 9.55 Å². The van der Waals surface area contributed by atoms with Gasteiger partial charge in [-0.2, -0.15) is 0 Å². The lowest BCUT2D eigenvalue weighted by molar-refractivity contribution is 0.276. The third-order valence-corrected chi connectivity index (χ3v) is 4.28. The first kappa shape index (κ1) is 12.3. The van der Waals surface area contributed by atoms with E-state index in [4.69, 9.17) is 23.2 Å². The fourth-order valence-electron chi connectivity index (χ4n) is 2.56. The van der Waals surface area contributed by atoms with Gasteiger partial charge >= 0.3 is 0 Å². The zero-order valence-electron chi connectivity index (χ0n) is 10.4. The summed E-state index contributed by atoms with van der Waals surface area (Å²) < 4.78 is 2.25. The van der Waals surface area contributed by atoms with Crippen molar-refractivity contribution in [1.29, 1.82) is 0 Å². The smallest absolute Gasteiger partial charge is 0.127 e. The van der Waals surface area contributed by atoms with Crippen LogP contribution in [0.25, 0.3) is 11.0 Å². The minimum absolute atomic E-state index is 0.0893. The maximum Gasteiger partial charge on any atom is 0.127 e. The lowest BCUT2D eigenvalue weighted by Crippen LogP contribution is -2.19.